The molecule has 0 saturated heterocycles. The highest BCUT2D eigenvalue weighted by atomic mass is 32.1. The summed E-state index contributed by atoms with van der Waals surface area (Å²) in [5, 5.41) is 11.0. The van der Waals surface area contributed by atoms with Gasteiger partial charge in [0.25, 0.3) is 5.91 Å². The van der Waals surface area contributed by atoms with Crippen molar-refractivity contribution in [3.8, 4) is 6.07 Å². The van der Waals surface area contributed by atoms with Crippen LogP contribution in [0.1, 0.15) is 24.3 Å². The second kappa shape index (κ2) is 6.21. The Morgan fingerprint density at radius 2 is 2.18 bits per heavy atom. The molecule has 17 heavy (non-hydrogen) atoms. The molecule has 0 N–H and O–H groups in total. The molecule has 0 fully saturated rings. The van der Waals surface area contributed by atoms with Crippen molar-refractivity contribution in [3.63, 3.8) is 0 Å². The van der Waals surface area contributed by atoms with Gasteiger partial charge in [0.2, 0.25) is 0 Å². The maximum Gasteiger partial charge on any atom is 0.264 e. The van der Waals surface area contributed by atoms with Crippen LogP contribution in [-0.4, -0.2) is 23.9 Å². The van der Waals surface area contributed by atoms with Crippen LogP contribution in [0.4, 0.5) is 0 Å². The van der Waals surface area contributed by atoms with Crippen LogP contribution in [0.25, 0.3) is 6.08 Å². The van der Waals surface area contributed by atoms with Crippen molar-refractivity contribution in [1.82, 2.24) is 4.90 Å². The Morgan fingerprint density at radius 1 is 1.53 bits per heavy atom. The largest absolute Gasteiger partial charge is 0.339 e. The number of rotatable bonds is 4. The van der Waals surface area contributed by atoms with Crippen LogP contribution < -0.4 is 0 Å². The van der Waals surface area contributed by atoms with E-state index in [1.807, 2.05) is 38.3 Å². The number of amides is 1. The summed E-state index contributed by atoms with van der Waals surface area (Å²) >= 11 is 1.54. The summed E-state index contributed by atoms with van der Waals surface area (Å²) in [5.41, 5.74) is 1.30. The van der Waals surface area contributed by atoms with Crippen molar-refractivity contribution < 1.29 is 4.79 Å². The second-order valence-electron chi connectivity index (χ2n) is 3.62. The topological polar surface area (TPSA) is 44.1 Å². The van der Waals surface area contributed by atoms with Crippen molar-refractivity contribution >= 4 is 23.3 Å². The van der Waals surface area contributed by atoms with Gasteiger partial charge in [0.1, 0.15) is 11.6 Å². The third kappa shape index (κ3) is 3.18. The van der Waals surface area contributed by atoms with Gasteiger partial charge in [-0.05, 0) is 43.9 Å². The molecule has 4 heteroatoms. The minimum Gasteiger partial charge on any atom is -0.339 e. The van der Waals surface area contributed by atoms with Gasteiger partial charge < -0.3 is 4.90 Å². The molecule has 1 amide bonds. The normalized spacial score (nSPS) is 11.1. The van der Waals surface area contributed by atoms with Crippen LogP contribution in [0.2, 0.25) is 0 Å². The van der Waals surface area contributed by atoms with Gasteiger partial charge in [-0.1, -0.05) is 0 Å². The van der Waals surface area contributed by atoms with E-state index < -0.39 is 0 Å². The highest BCUT2D eigenvalue weighted by molar-refractivity contribution is 7.11. The molecule has 0 spiro atoms. The van der Waals surface area contributed by atoms with E-state index in [1.165, 1.54) is 11.3 Å². The molecule has 90 valence electrons. The number of nitrogens with zero attached hydrogens (tertiary/aromatic N) is 2. The highest BCUT2D eigenvalue weighted by Gasteiger charge is 2.15. The maximum absolute atomic E-state index is 12.0. The number of carbonyl (C=O) groups excluding carboxylic acids is 1. The van der Waals surface area contributed by atoms with E-state index in [0.29, 0.717) is 13.1 Å². The third-order valence-electron chi connectivity index (χ3n) is 2.58. The van der Waals surface area contributed by atoms with Crippen LogP contribution in [0.15, 0.2) is 17.0 Å². The Bertz CT molecular complexity index is 464. The van der Waals surface area contributed by atoms with Crippen LogP contribution in [-0.2, 0) is 4.79 Å². The first-order chi connectivity index (χ1) is 8.13. The molecule has 0 aliphatic rings. The molecular weight excluding hydrogens is 232 g/mol. The van der Waals surface area contributed by atoms with E-state index in [1.54, 1.807) is 11.0 Å². The summed E-state index contributed by atoms with van der Waals surface area (Å²) in [6.45, 7) is 7.04. The van der Waals surface area contributed by atoms with Crippen molar-refractivity contribution in [3.05, 3.63) is 27.5 Å². The molecule has 1 heterocycles. The Hall–Kier alpha value is -1.60. The number of hydrogen-bond acceptors (Lipinski definition) is 3. The first-order valence-electron chi connectivity index (χ1n) is 5.59. The average molecular weight is 248 g/mol. The zero-order valence-corrected chi connectivity index (χ0v) is 11.2. The zero-order valence-electron chi connectivity index (χ0n) is 10.4. The Morgan fingerprint density at radius 3 is 2.59 bits per heavy atom. The molecular formula is C13H16N2OS. The van der Waals surface area contributed by atoms with Crippen molar-refractivity contribution in [2.45, 2.75) is 20.8 Å². The SMILES string of the molecule is CCN(CC)C(=O)/C(C#N)=C\c1sccc1C. The molecule has 0 unspecified atom stereocenters. The van der Waals surface area contributed by atoms with Gasteiger partial charge in [-0.25, -0.2) is 0 Å². The summed E-state index contributed by atoms with van der Waals surface area (Å²) in [4.78, 5) is 14.6. The van der Waals surface area contributed by atoms with Crippen molar-refractivity contribution in [2.75, 3.05) is 13.1 Å². The molecule has 1 aromatic rings. The Kier molecular flexibility index (Phi) is 4.92. The van der Waals surface area contributed by atoms with Gasteiger partial charge in [0, 0.05) is 18.0 Å². The standard InChI is InChI=1S/C13H16N2OS/c1-4-15(5-2)13(16)11(9-14)8-12-10(3)6-7-17-12/h6-8H,4-5H2,1-3H3/b11-8-. The summed E-state index contributed by atoms with van der Waals surface area (Å²) in [6.07, 6.45) is 1.68. The molecule has 0 aliphatic carbocycles. The summed E-state index contributed by atoms with van der Waals surface area (Å²) in [6, 6.07) is 3.97. The highest BCUT2D eigenvalue weighted by Crippen LogP contribution is 2.19. The molecule has 1 rings (SSSR count). The molecule has 0 bridgehead atoms. The second-order valence-corrected chi connectivity index (χ2v) is 4.56. The first kappa shape index (κ1) is 13.5. The molecule has 0 saturated carbocycles. The molecule has 3 nitrogen and oxygen atoms in total. The quantitative estimate of drug-likeness (QED) is 0.607. The van der Waals surface area contributed by atoms with E-state index in [0.717, 1.165) is 10.4 Å². The van der Waals surface area contributed by atoms with Crippen molar-refractivity contribution in [1.29, 1.82) is 5.26 Å². The van der Waals surface area contributed by atoms with Gasteiger partial charge >= 0.3 is 0 Å². The van der Waals surface area contributed by atoms with Crippen molar-refractivity contribution in [2.24, 2.45) is 0 Å². The lowest BCUT2D eigenvalue weighted by molar-refractivity contribution is -0.126. The van der Waals surface area contributed by atoms with E-state index >= 15 is 0 Å². The van der Waals surface area contributed by atoms with Crippen LogP contribution in [0.5, 0.6) is 0 Å². The molecule has 0 atom stereocenters. The first-order valence-corrected chi connectivity index (χ1v) is 6.47. The van der Waals surface area contributed by atoms with Crippen LogP contribution in [0.3, 0.4) is 0 Å². The summed E-state index contributed by atoms with van der Waals surface area (Å²) < 4.78 is 0. The summed E-state index contributed by atoms with van der Waals surface area (Å²) in [7, 11) is 0. The van der Waals surface area contributed by atoms with Gasteiger partial charge in [0.15, 0.2) is 0 Å². The number of carbonyl (C=O) groups is 1. The maximum atomic E-state index is 12.0. The van der Waals surface area contributed by atoms with Gasteiger partial charge in [-0.15, -0.1) is 11.3 Å². The minimum absolute atomic E-state index is 0.190. The lowest BCUT2D eigenvalue weighted by Crippen LogP contribution is -2.31. The predicted octanol–water partition coefficient (Wildman–Crippen LogP) is 2.83. The molecule has 1 aromatic heterocycles. The number of thiophene rings is 1. The lowest BCUT2D eigenvalue weighted by Gasteiger charge is -2.17. The molecule has 0 aliphatic heterocycles. The number of nitriles is 1. The van der Waals surface area contributed by atoms with E-state index in [4.69, 9.17) is 5.26 Å². The van der Waals surface area contributed by atoms with Crippen LogP contribution in [0, 0.1) is 18.3 Å². The van der Waals surface area contributed by atoms with E-state index in [-0.39, 0.29) is 11.5 Å². The number of likely N-dealkylation sites (N-methyl/N-ethyl adjacent to an activating group) is 1. The van der Waals surface area contributed by atoms with E-state index in [9.17, 15) is 4.79 Å². The lowest BCUT2D eigenvalue weighted by atomic mass is 10.2. The van der Waals surface area contributed by atoms with Gasteiger partial charge in [-0.2, -0.15) is 5.26 Å². The number of aryl methyl sites for hydroxylation is 1. The Balaban J connectivity index is 3.01. The predicted molar refractivity (Wildman–Crippen MR) is 70.6 cm³/mol. The molecule has 0 aromatic carbocycles. The fraction of sp³-hybridized carbons (Fsp3) is 0.385. The van der Waals surface area contributed by atoms with Gasteiger partial charge in [0.05, 0.1) is 0 Å². The number of hydrogen-bond donors (Lipinski definition) is 0. The van der Waals surface area contributed by atoms with E-state index in [2.05, 4.69) is 0 Å². The monoisotopic (exact) mass is 248 g/mol. The van der Waals surface area contributed by atoms with Gasteiger partial charge in [-0.3, -0.25) is 4.79 Å². The fourth-order valence-electron chi connectivity index (χ4n) is 1.49. The Labute approximate surface area is 106 Å². The van der Waals surface area contributed by atoms with Crippen LogP contribution >= 0.6 is 11.3 Å². The minimum atomic E-state index is -0.190. The molecule has 0 radical (unpaired) electrons. The zero-order chi connectivity index (χ0) is 12.8. The third-order valence-corrected chi connectivity index (χ3v) is 3.54. The smallest absolute Gasteiger partial charge is 0.264 e. The average Bonchev–Trinajstić information content (AvgIpc) is 2.73. The fourth-order valence-corrected chi connectivity index (χ4v) is 2.35. The summed E-state index contributed by atoms with van der Waals surface area (Å²) in [5.74, 6) is -0.190.